The Morgan fingerprint density at radius 1 is 1.50 bits per heavy atom. The van der Waals surface area contributed by atoms with Crippen LogP contribution in [-0.2, 0) is 9.59 Å². The van der Waals surface area contributed by atoms with E-state index in [1.807, 2.05) is 0 Å². The van der Waals surface area contributed by atoms with Crippen molar-refractivity contribution in [2.45, 2.75) is 12.8 Å². The van der Waals surface area contributed by atoms with Gasteiger partial charge in [0.05, 0.1) is 0 Å². The summed E-state index contributed by atoms with van der Waals surface area (Å²) in [6, 6.07) is 0. The van der Waals surface area contributed by atoms with Crippen molar-refractivity contribution in [2.24, 2.45) is 0 Å². The number of rotatable bonds is 5. The molecular formula is C8H14N2O2. The van der Waals surface area contributed by atoms with Crippen LogP contribution in [0.1, 0.15) is 12.8 Å². The molecule has 0 atom stereocenters. The highest BCUT2D eigenvalue weighted by molar-refractivity contribution is 5.86. The molecule has 0 aromatic carbocycles. The zero-order chi connectivity index (χ0) is 9.40. The van der Waals surface area contributed by atoms with Gasteiger partial charge in [0.25, 0.3) is 0 Å². The molecule has 2 N–H and O–H groups in total. The minimum atomic E-state index is -0.202. The van der Waals surface area contributed by atoms with Gasteiger partial charge in [-0.2, -0.15) is 0 Å². The van der Waals surface area contributed by atoms with Gasteiger partial charge in [-0.15, -0.1) is 0 Å². The van der Waals surface area contributed by atoms with E-state index in [9.17, 15) is 9.59 Å². The predicted molar refractivity (Wildman–Crippen MR) is 46.5 cm³/mol. The quantitative estimate of drug-likeness (QED) is 0.444. The lowest BCUT2D eigenvalue weighted by molar-refractivity contribution is -0.121. The third kappa shape index (κ3) is 5.46. The van der Waals surface area contributed by atoms with Gasteiger partial charge in [0.15, 0.2) is 0 Å². The molecule has 0 heterocycles. The van der Waals surface area contributed by atoms with Crippen LogP contribution in [0.25, 0.3) is 0 Å². The molecule has 68 valence electrons. The van der Waals surface area contributed by atoms with E-state index in [2.05, 4.69) is 17.2 Å². The summed E-state index contributed by atoms with van der Waals surface area (Å²) in [5.74, 6) is -0.213. The molecule has 0 bridgehead atoms. The van der Waals surface area contributed by atoms with Crippen LogP contribution in [0.4, 0.5) is 0 Å². The van der Waals surface area contributed by atoms with E-state index in [0.29, 0.717) is 19.4 Å². The predicted octanol–water partition coefficient (Wildman–Crippen LogP) is -0.185. The van der Waals surface area contributed by atoms with Crippen molar-refractivity contribution in [3.05, 3.63) is 12.7 Å². The molecule has 4 nitrogen and oxygen atoms in total. The first kappa shape index (κ1) is 10.7. The summed E-state index contributed by atoms with van der Waals surface area (Å²) in [7, 11) is 1.59. The fourth-order valence-corrected chi connectivity index (χ4v) is 0.658. The fraction of sp³-hybridized carbons (Fsp3) is 0.500. The van der Waals surface area contributed by atoms with Gasteiger partial charge in [0.1, 0.15) is 0 Å². The topological polar surface area (TPSA) is 58.2 Å². The Bertz CT molecular complexity index is 178. The first-order chi connectivity index (χ1) is 5.70. The third-order valence-electron chi connectivity index (χ3n) is 1.34. The van der Waals surface area contributed by atoms with E-state index in [-0.39, 0.29) is 11.8 Å². The SMILES string of the molecule is C=CC(=O)NCCCC(=O)NC. The van der Waals surface area contributed by atoms with Gasteiger partial charge < -0.3 is 10.6 Å². The summed E-state index contributed by atoms with van der Waals surface area (Å²) >= 11 is 0. The number of amides is 2. The van der Waals surface area contributed by atoms with Crippen molar-refractivity contribution in [3.63, 3.8) is 0 Å². The lowest BCUT2D eigenvalue weighted by Crippen LogP contribution is -2.24. The van der Waals surface area contributed by atoms with Crippen molar-refractivity contribution in [2.75, 3.05) is 13.6 Å². The molecule has 0 radical (unpaired) electrons. The van der Waals surface area contributed by atoms with Crippen molar-refractivity contribution < 1.29 is 9.59 Å². The zero-order valence-corrected chi connectivity index (χ0v) is 7.22. The Balaban J connectivity index is 3.27. The minimum absolute atomic E-state index is 0.0112. The van der Waals surface area contributed by atoms with Crippen LogP contribution in [0.2, 0.25) is 0 Å². The van der Waals surface area contributed by atoms with Crippen molar-refractivity contribution in [1.29, 1.82) is 0 Å². The maximum atomic E-state index is 10.7. The summed E-state index contributed by atoms with van der Waals surface area (Å²) in [5, 5.41) is 5.07. The largest absolute Gasteiger partial charge is 0.359 e. The Morgan fingerprint density at radius 3 is 2.67 bits per heavy atom. The second-order valence-electron chi connectivity index (χ2n) is 2.27. The molecule has 0 aliphatic heterocycles. The third-order valence-corrected chi connectivity index (χ3v) is 1.34. The summed E-state index contributed by atoms with van der Waals surface area (Å²) in [6.07, 6.45) is 2.30. The van der Waals surface area contributed by atoms with Crippen molar-refractivity contribution >= 4 is 11.8 Å². The molecule has 2 amide bonds. The van der Waals surface area contributed by atoms with Crippen LogP contribution in [0.15, 0.2) is 12.7 Å². The standard InChI is InChI=1S/C8H14N2O2/c1-3-7(11)10-6-4-5-8(12)9-2/h3H,1,4-6H2,2H3,(H,9,12)(H,10,11). The Kier molecular flexibility index (Phi) is 5.69. The summed E-state index contributed by atoms with van der Waals surface area (Å²) in [6.45, 7) is 3.81. The highest BCUT2D eigenvalue weighted by Crippen LogP contribution is 1.85. The number of nitrogens with one attached hydrogen (secondary N) is 2. The molecule has 0 aromatic rings. The molecule has 4 heteroatoms. The van der Waals surface area contributed by atoms with Gasteiger partial charge >= 0.3 is 0 Å². The first-order valence-corrected chi connectivity index (χ1v) is 3.81. The van der Waals surface area contributed by atoms with E-state index in [1.54, 1.807) is 7.05 Å². The average molecular weight is 170 g/mol. The Hall–Kier alpha value is -1.32. The molecule has 12 heavy (non-hydrogen) atoms. The van der Waals surface area contributed by atoms with Crippen molar-refractivity contribution in [3.8, 4) is 0 Å². The molecule has 0 rings (SSSR count). The van der Waals surface area contributed by atoms with E-state index >= 15 is 0 Å². The number of carbonyl (C=O) groups is 2. The highest BCUT2D eigenvalue weighted by Gasteiger charge is 1.97. The molecule has 0 aliphatic rings. The van der Waals surface area contributed by atoms with E-state index in [0.717, 1.165) is 0 Å². The van der Waals surface area contributed by atoms with Gasteiger partial charge in [0, 0.05) is 20.0 Å². The van der Waals surface area contributed by atoms with Gasteiger partial charge in [0.2, 0.25) is 11.8 Å². The molecule has 0 aromatic heterocycles. The fourth-order valence-electron chi connectivity index (χ4n) is 0.658. The molecule has 0 fully saturated rings. The molecule has 0 unspecified atom stereocenters. The van der Waals surface area contributed by atoms with Crippen molar-refractivity contribution in [1.82, 2.24) is 10.6 Å². The van der Waals surface area contributed by atoms with Gasteiger partial charge in [-0.1, -0.05) is 6.58 Å². The normalized spacial score (nSPS) is 8.75. The summed E-state index contributed by atoms with van der Waals surface area (Å²) in [4.78, 5) is 21.3. The Morgan fingerprint density at radius 2 is 2.17 bits per heavy atom. The van der Waals surface area contributed by atoms with Gasteiger partial charge in [-0.25, -0.2) is 0 Å². The molecular weight excluding hydrogens is 156 g/mol. The van der Waals surface area contributed by atoms with Crippen LogP contribution in [0.5, 0.6) is 0 Å². The lowest BCUT2D eigenvalue weighted by atomic mass is 10.3. The molecule has 0 aliphatic carbocycles. The second-order valence-corrected chi connectivity index (χ2v) is 2.27. The Labute approximate surface area is 72.0 Å². The zero-order valence-electron chi connectivity index (χ0n) is 7.22. The maximum absolute atomic E-state index is 10.7. The highest BCUT2D eigenvalue weighted by atomic mass is 16.2. The lowest BCUT2D eigenvalue weighted by Gasteiger charge is -2.00. The van der Waals surface area contributed by atoms with Crippen LogP contribution >= 0.6 is 0 Å². The minimum Gasteiger partial charge on any atom is -0.359 e. The van der Waals surface area contributed by atoms with Crippen LogP contribution in [-0.4, -0.2) is 25.4 Å². The van der Waals surface area contributed by atoms with Gasteiger partial charge in [-0.05, 0) is 12.5 Å². The average Bonchev–Trinajstić information content (AvgIpc) is 2.11. The maximum Gasteiger partial charge on any atom is 0.243 e. The van der Waals surface area contributed by atoms with E-state index in [4.69, 9.17) is 0 Å². The first-order valence-electron chi connectivity index (χ1n) is 3.81. The molecule has 0 saturated carbocycles. The monoisotopic (exact) mass is 170 g/mol. The molecule has 0 spiro atoms. The van der Waals surface area contributed by atoms with E-state index in [1.165, 1.54) is 6.08 Å². The number of hydrogen-bond donors (Lipinski definition) is 2. The summed E-state index contributed by atoms with van der Waals surface area (Å²) in [5.41, 5.74) is 0. The van der Waals surface area contributed by atoms with Gasteiger partial charge in [-0.3, -0.25) is 9.59 Å². The smallest absolute Gasteiger partial charge is 0.243 e. The molecule has 0 saturated heterocycles. The number of carbonyl (C=O) groups excluding carboxylic acids is 2. The van der Waals surface area contributed by atoms with Crippen LogP contribution in [0.3, 0.4) is 0 Å². The van der Waals surface area contributed by atoms with E-state index < -0.39 is 0 Å². The van der Waals surface area contributed by atoms with Crippen LogP contribution < -0.4 is 10.6 Å². The second kappa shape index (κ2) is 6.39. The number of hydrogen-bond acceptors (Lipinski definition) is 2. The summed E-state index contributed by atoms with van der Waals surface area (Å²) < 4.78 is 0. The van der Waals surface area contributed by atoms with Crippen LogP contribution in [0, 0.1) is 0 Å².